The highest BCUT2D eigenvalue weighted by atomic mass is 32.2. The maximum atomic E-state index is 12.0. The van der Waals surface area contributed by atoms with Crippen molar-refractivity contribution in [3.05, 3.63) is 53.1 Å². The van der Waals surface area contributed by atoms with Crippen molar-refractivity contribution in [1.29, 1.82) is 0 Å². The average Bonchev–Trinajstić information content (AvgIpc) is 3.20. The van der Waals surface area contributed by atoms with E-state index in [1.807, 2.05) is 37.3 Å². The summed E-state index contributed by atoms with van der Waals surface area (Å²) in [5.74, 6) is 0.647. The number of hydrogen-bond donors (Lipinski definition) is 2. The van der Waals surface area contributed by atoms with Crippen molar-refractivity contribution >= 4 is 27.6 Å². The molecule has 2 aromatic rings. The maximum Gasteiger partial charge on any atom is 0.233 e. The van der Waals surface area contributed by atoms with Gasteiger partial charge in [-0.1, -0.05) is 29.8 Å². The Morgan fingerprint density at radius 3 is 2.63 bits per heavy atom. The fraction of sp³-hybridized carbons (Fsp3) is 0.368. The Morgan fingerprint density at radius 1 is 1.15 bits per heavy atom. The molecular formula is C19H25N5O2S. The van der Waals surface area contributed by atoms with E-state index in [4.69, 9.17) is 0 Å². The lowest BCUT2D eigenvalue weighted by Crippen LogP contribution is -2.27. The fourth-order valence-corrected chi connectivity index (χ4v) is 3.69. The van der Waals surface area contributed by atoms with Crippen LogP contribution < -0.4 is 14.9 Å². The van der Waals surface area contributed by atoms with Crippen LogP contribution in [0.3, 0.4) is 0 Å². The highest BCUT2D eigenvalue weighted by molar-refractivity contribution is 7.92. The lowest BCUT2D eigenvalue weighted by Gasteiger charge is -2.17. The molecule has 144 valence electrons. The Morgan fingerprint density at radius 2 is 1.89 bits per heavy atom. The van der Waals surface area contributed by atoms with Gasteiger partial charge in [0.25, 0.3) is 0 Å². The summed E-state index contributed by atoms with van der Waals surface area (Å²) in [6.07, 6.45) is 5.74. The smallest absolute Gasteiger partial charge is 0.233 e. The molecule has 2 heterocycles. The van der Waals surface area contributed by atoms with Gasteiger partial charge in [-0.2, -0.15) is 5.10 Å². The van der Waals surface area contributed by atoms with Gasteiger partial charge in [0, 0.05) is 37.7 Å². The highest BCUT2D eigenvalue weighted by Crippen LogP contribution is 2.20. The minimum Gasteiger partial charge on any atom is -0.370 e. The molecule has 1 saturated heterocycles. The van der Waals surface area contributed by atoms with Crippen LogP contribution in [0.25, 0.3) is 6.08 Å². The summed E-state index contributed by atoms with van der Waals surface area (Å²) < 4.78 is 26.6. The van der Waals surface area contributed by atoms with E-state index in [1.54, 1.807) is 12.3 Å². The summed E-state index contributed by atoms with van der Waals surface area (Å²) in [5.41, 5.74) is 3.03. The molecule has 0 spiro atoms. The molecule has 0 atom stereocenters. The Bertz CT molecular complexity index is 875. The molecule has 0 amide bonds. The zero-order chi connectivity index (χ0) is 19.1. The summed E-state index contributed by atoms with van der Waals surface area (Å²) in [5, 5.41) is 12.4. The predicted octanol–water partition coefficient (Wildman–Crippen LogP) is 2.39. The third kappa shape index (κ3) is 6.04. The first-order chi connectivity index (χ1) is 13.0. The number of aromatic nitrogens is 2. The number of sulfonamides is 1. The molecule has 0 saturated carbocycles. The normalized spacial score (nSPS) is 14.8. The highest BCUT2D eigenvalue weighted by Gasteiger charge is 2.13. The first-order valence-corrected chi connectivity index (χ1v) is 10.6. The van der Waals surface area contributed by atoms with Gasteiger partial charge in [-0.15, -0.1) is 5.10 Å². The van der Waals surface area contributed by atoms with E-state index in [2.05, 4.69) is 25.1 Å². The average molecular weight is 388 g/mol. The van der Waals surface area contributed by atoms with Crippen molar-refractivity contribution in [2.75, 3.05) is 36.4 Å². The summed E-state index contributed by atoms with van der Waals surface area (Å²) in [7, 11) is -3.48. The minimum absolute atomic E-state index is 0.260. The minimum atomic E-state index is -3.48. The third-order valence-corrected chi connectivity index (χ3v) is 5.46. The van der Waals surface area contributed by atoms with Crippen molar-refractivity contribution in [2.24, 2.45) is 0 Å². The second-order valence-corrected chi connectivity index (χ2v) is 8.22. The molecule has 2 N–H and O–H groups in total. The number of hydrogen-bond acceptors (Lipinski definition) is 6. The van der Waals surface area contributed by atoms with Gasteiger partial charge in [0.15, 0.2) is 5.82 Å². The number of anilines is 2. The standard InChI is InChI=1S/C19H25N5O2S/c1-16-4-6-17(7-5-16)8-13-27(25,26)22-10-9-20-19-14-18(15-21-23-19)24-11-2-3-12-24/h4-8,13-15,22H,2-3,9-12H2,1H3,(H,20,23)/b13-8+. The monoisotopic (exact) mass is 387 g/mol. The largest absolute Gasteiger partial charge is 0.370 e. The van der Waals surface area contributed by atoms with Crippen LogP contribution in [0.15, 0.2) is 41.9 Å². The molecule has 0 radical (unpaired) electrons. The zero-order valence-corrected chi connectivity index (χ0v) is 16.2. The van der Waals surface area contributed by atoms with Crippen molar-refractivity contribution in [2.45, 2.75) is 19.8 Å². The quantitative estimate of drug-likeness (QED) is 0.677. The summed E-state index contributed by atoms with van der Waals surface area (Å²) in [6, 6.07) is 9.61. The van der Waals surface area contributed by atoms with E-state index in [1.165, 1.54) is 18.2 Å². The second kappa shape index (κ2) is 8.96. The van der Waals surface area contributed by atoms with Gasteiger partial charge in [-0.05, 0) is 31.4 Å². The lowest BCUT2D eigenvalue weighted by molar-refractivity contribution is 0.592. The van der Waals surface area contributed by atoms with Crippen LogP contribution >= 0.6 is 0 Å². The lowest BCUT2D eigenvalue weighted by atomic mass is 10.2. The zero-order valence-electron chi connectivity index (χ0n) is 15.4. The van der Waals surface area contributed by atoms with Crippen LogP contribution in [-0.4, -0.2) is 44.8 Å². The van der Waals surface area contributed by atoms with Gasteiger partial charge in [0.1, 0.15) is 0 Å². The maximum absolute atomic E-state index is 12.0. The molecule has 8 heteroatoms. The number of nitrogens with zero attached hydrogens (tertiary/aromatic N) is 3. The van der Waals surface area contributed by atoms with Crippen molar-refractivity contribution in [1.82, 2.24) is 14.9 Å². The van der Waals surface area contributed by atoms with Gasteiger partial charge in [-0.25, -0.2) is 13.1 Å². The third-order valence-electron chi connectivity index (χ3n) is 4.36. The number of rotatable bonds is 8. The summed E-state index contributed by atoms with van der Waals surface area (Å²) in [6.45, 7) is 4.76. The van der Waals surface area contributed by atoms with Gasteiger partial charge in [0.05, 0.1) is 11.9 Å². The van der Waals surface area contributed by atoms with E-state index in [0.29, 0.717) is 12.4 Å². The molecule has 7 nitrogen and oxygen atoms in total. The number of nitrogens with one attached hydrogen (secondary N) is 2. The van der Waals surface area contributed by atoms with Crippen LogP contribution in [0.4, 0.5) is 11.5 Å². The molecular weight excluding hydrogens is 362 g/mol. The molecule has 0 bridgehead atoms. The number of aryl methyl sites for hydroxylation is 1. The van der Waals surface area contributed by atoms with Crippen LogP contribution in [-0.2, 0) is 10.0 Å². The fourth-order valence-electron chi connectivity index (χ4n) is 2.87. The Kier molecular flexibility index (Phi) is 6.41. The van der Waals surface area contributed by atoms with E-state index >= 15 is 0 Å². The molecule has 1 aliphatic rings. The topological polar surface area (TPSA) is 87.2 Å². The summed E-state index contributed by atoms with van der Waals surface area (Å²) in [4.78, 5) is 2.28. The molecule has 1 aliphatic heterocycles. The van der Waals surface area contributed by atoms with Gasteiger partial charge >= 0.3 is 0 Å². The van der Waals surface area contributed by atoms with E-state index in [-0.39, 0.29) is 6.54 Å². The van der Waals surface area contributed by atoms with Crippen LogP contribution in [0, 0.1) is 6.92 Å². The first-order valence-electron chi connectivity index (χ1n) is 9.08. The van der Waals surface area contributed by atoms with Crippen molar-refractivity contribution in [3.8, 4) is 0 Å². The van der Waals surface area contributed by atoms with E-state index in [0.717, 1.165) is 29.9 Å². The Labute approximate surface area is 160 Å². The van der Waals surface area contributed by atoms with Gasteiger partial charge < -0.3 is 10.2 Å². The molecule has 27 heavy (non-hydrogen) atoms. The molecule has 1 fully saturated rings. The first kappa shape index (κ1) is 19.3. The predicted molar refractivity (Wildman–Crippen MR) is 109 cm³/mol. The molecule has 0 unspecified atom stereocenters. The molecule has 0 aliphatic carbocycles. The molecule has 1 aromatic heterocycles. The number of benzene rings is 1. The van der Waals surface area contributed by atoms with Crippen molar-refractivity contribution in [3.63, 3.8) is 0 Å². The van der Waals surface area contributed by atoms with Crippen LogP contribution in [0.2, 0.25) is 0 Å². The molecule has 1 aromatic carbocycles. The Hall–Kier alpha value is -2.45. The van der Waals surface area contributed by atoms with E-state index in [9.17, 15) is 8.42 Å². The SMILES string of the molecule is Cc1ccc(/C=C/S(=O)(=O)NCCNc2cc(N3CCCC3)cnn2)cc1. The Balaban J connectivity index is 1.46. The van der Waals surface area contributed by atoms with Gasteiger partial charge in [0.2, 0.25) is 10.0 Å². The molecule has 3 rings (SSSR count). The second-order valence-electron chi connectivity index (χ2n) is 6.57. The van der Waals surface area contributed by atoms with Gasteiger partial charge in [-0.3, -0.25) is 0 Å². The van der Waals surface area contributed by atoms with Crippen LogP contribution in [0.5, 0.6) is 0 Å². The summed E-state index contributed by atoms with van der Waals surface area (Å²) >= 11 is 0. The van der Waals surface area contributed by atoms with E-state index < -0.39 is 10.0 Å². The van der Waals surface area contributed by atoms with Crippen LogP contribution in [0.1, 0.15) is 24.0 Å². The van der Waals surface area contributed by atoms with Crippen molar-refractivity contribution < 1.29 is 8.42 Å².